The van der Waals surface area contributed by atoms with Gasteiger partial charge in [0.2, 0.25) is 0 Å². The minimum absolute atomic E-state index is 0.422. The van der Waals surface area contributed by atoms with Crippen molar-refractivity contribution in [2.45, 2.75) is 38.2 Å². The Kier molecular flexibility index (Phi) is 6.21. The lowest BCUT2D eigenvalue weighted by Crippen LogP contribution is -2.24. The van der Waals surface area contributed by atoms with E-state index in [9.17, 15) is 4.79 Å². The van der Waals surface area contributed by atoms with Crippen molar-refractivity contribution in [3.8, 4) is 0 Å². The van der Waals surface area contributed by atoms with Gasteiger partial charge in [0.05, 0.1) is 11.7 Å². The van der Waals surface area contributed by atoms with E-state index in [4.69, 9.17) is 9.84 Å². The van der Waals surface area contributed by atoms with Gasteiger partial charge in [-0.2, -0.15) is 0 Å². The fourth-order valence-electron chi connectivity index (χ4n) is 2.83. The molecule has 1 unspecified atom stereocenters. The van der Waals surface area contributed by atoms with E-state index < -0.39 is 5.97 Å². The first-order valence-corrected chi connectivity index (χ1v) is 7.78. The second-order valence-corrected chi connectivity index (χ2v) is 5.79. The lowest BCUT2D eigenvalue weighted by molar-refractivity contribution is 0.0695. The maximum absolute atomic E-state index is 11.2. The van der Waals surface area contributed by atoms with E-state index in [1.807, 2.05) is 12.1 Å². The molecule has 4 heteroatoms. The van der Waals surface area contributed by atoms with Gasteiger partial charge in [-0.3, -0.25) is 0 Å². The molecule has 0 bridgehead atoms. The van der Waals surface area contributed by atoms with E-state index >= 15 is 0 Å². The highest BCUT2D eigenvalue weighted by Gasteiger charge is 2.15. The maximum Gasteiger partial charge on any atom is 0.335 e. The van der Waals surface area contributed by atoms with E-state index in [1.54, 1.807) is 12.1 Å². The molecule has 0 aliphatic carbocycles. The van der Waals surface area contributed by atoms with Crippen molar-refractivity contribution in [1.82, 2.24) is 4.90 Å². The molecule has 1 heterocycles. The minimum atomic E-state index is -0.841. The van der Waals surface area contributed by atoms with Crippen LogP contribution in [0.3, 0.4) is 0 Å². The largest absolute Gasteiger partial charge is 0.478 e. The normalized spacial score (nSPS) is 18.3. The third kappa shape index (κ3) is 5.14. The summed E-state index contributed by atoms with van der Waals surface area (Å²) in [4.78, 5) is 13.4. The van der Waals surface area contributed by atoms with Crippen molar-refractivity contribution in [2.75, 3.05) is 26.7 Å². The van der Waals surface area contributed by atoms with Crippen LogP contribution in [0.4, 0.5) is 0 Å². The third-order valence-corrected chi connectivity index (χ3v) is 4.10. The van der Waals surface area contributed by atoms with E-state index in [-0.39, 0.29) is 0 Å². The topological polar surface area (TPSA) is 49.8 Å². The number of likely N-dealkylation sites (N-methyl/N-ethyl adjacent to an activating group) is 1. The van der Waals surface area contributed by atoms with Gasteiger partial charge in [-0.1, -0.05) is 18.2 Å². The molecule has 0 amide bonds. The van der Waals surface area contributed by atoms with Crippen LogP contribution < -0.4 is 0 Å². The summed E-state index contributed by atoms with van der Waals surface area (Å²) in [6.07, 6.45) is 5.92. The Morgan fingerprint density at radius 2 is 2.19 bits per heavy atom. The van der Waals surface area contributed by atoms with Gasteiger partial charge < -0.3 is 14.7 Å². The third-order valence-electron chi connectivity index (χ3n) is 4.10. The standard InChI is InChI=1S/C17H25NO3/c1-18(11-4-7-15-8-5-13-21-15)12-10-14-6-2-3-9-16(14)17(19)20/h2-3,6,9,15H,4-5,7-8,10-13H2,1H3,(H,19,20). The van der Waals surface area contributed by atoms with Gasteiger partial charge in [-0.05, 0) is 57.3 Å². The smallest absolute Gasteiger partial charge is 0.335 e. The van der Waals surface area contributed by atoms with Crippen LogP contribution in [0.15, 0.2) is 24.3 Å². The summed E-state index contributed by atoms with van der Waals surface area (Å²) >= 11 is 0. The van der Waals surface area contributed by atoms with E-state index in [1.165, 1.54) is 12.8 Å². The zero-order chi connectivity index (χ0) is 15.1. The molecular weight excluding hydrogens is 266 g/mol. The molecule has 1 aromatic carbocycles. The quantitative estimate of drug-likeness (QED) is 0.800. The molecule has 0 spiro atoms. The summed E-state index contributed by atoms with van der Waals surface area (Å²) in [5.41, 5.74) is 1.33. The highest BCUT2D eigenvalue weighted by atomic mass is 16.5. The van der Waals surface area contributed by atoms with Crippen molar-refractivity contribution >= 4 is 5.97 Å². The van der Waals surface area contributed by atoms with E-state index in [2.05, 4.69) is 11.9 Å². The van der Waals surface area contributed by atoms with Crippen LogP contribution >= 0.6 is 0 Å². The predicted molar refractivity (Wildman–Crippen MR) is 82.8 cm³/mol. The average molecular weight is 291 g/mol. The zero-order valence-electron chi connectivity index (χ0n) is 12.8. The molecule has 21 heavy (non-hydrogen) atoms. The first-order valence-electron chi connectivity index (χ1n) is 7.78. The number of carbonyl (C=O) groups is 1. The molecule has 2 rings (SSSR count). The monoisotopic (exact) mass is 291 g/mol. The van der Waals surface area contributed by atoms with Gasteiger partial charge in [0.1, 0.15) is 0 Å². The second-order valence-electron chi connectivity index (χ2n) is 5.79. The van der Waals surface area contributed by atoms with Crippen LogP contribution in [0, 0.1) is 0 Å². The number of nitrogens with zero attached hydrogens (tertiary/aromatic N) is 1. The van der Waals surface area contributed by atoms with Gasteiger partial charge in [-0.15, -0.1) is 0 Å². The Hall–Kier alpha value is -1.39. The summed E-state index contributed by atoms with van der Waals surface area (Å²) in [5.74, 6) is -0.841. The predicted octanol–water partition coefficient (Wildman–Crippen LogP) is 2.82. The number of carboxylic acids is 1. The minimum Gasteiger partial charge on any atom is -0.478 e. The molecule has 1 N–H and O–H groups in total. The molecule has 116 valence electrons. The van der Waals surface area contributed by atoms with Crippen molar-refractivity contribution in [2.24, 2.45) is 0 Å². The van der Waals surface area contributed by atoms with Crippen LogP contribution in [-0.4, -0.2) is 48.8 Å². The highest BCUT2D eigenvalue weighted by Crippen LogP contribution is 2.17. The van der Waals surface area contributed by atoms with Gasteiger partial charge in [-0.25, -0.2) is 4.79 Å². The molecule has 0 aromatic heterocycles. The van der Waals surface area contributed by atoms with E-state index in [0.717, 1.165) is 44.5 Å². The Balaban J connectivity index is 1.71. The number of hydrogen-bond acceptors (Lipinski definition) is 3. The first kappa shape index (κ1) is 16.0. The Morgan fingerprint density at radius 1 is 1.38 bits per heavy atom. The summed E-state index contributed by atoms with van der Waals surface area (Å²) in [5, 5.41) is 9.17. The Bertz CT molecular complexity index is 455. The average Bonchev–Trinajstić information content (AvgIpc) is 2.98. The van der Waals surface area contributed by atoms with Crippen molar-refractivity contribution in [1.29, 1.82) is 0 Å². The van der Waals surface area contributed by atoms with Gasteiger partial charge in [0.25, 0.3) is 0 Å². The molecule has 4 nitrogen and oxygen atoms in total. The lowest BCUT2D eigenvalue weighted by Gasteiger charge is -2.18. The molecule has 0 radical (unpaired) electrons. The number of aromatic carboxylic acids is 1. The first-order chi connectivity index (χ1) is 10.2. The molecule has 1 aliphatic heterocycles. The molecule has 1 fully saturated rings. The maximum atomic E-state index is 11.2. The van der Waals surface area contributed by atoms with Crippen molar-refractivity contribution in [3.63, 3.8) is 0 Å². The fraction of sp³-hybridized carbons (Fsp3) is 0.588. The molecule has 1 aliphatic rings. The summed E-state index contributed by atoms with van der Waals surface area (Å²) in [7, 11) is 2.10. The fourth-order valence-corrected chi connectivity index (χ4v) is 2.83. The Morgan fingerprint density at radius 3 is 2.90 bits per heavy atom. The van der Waals surface area contributed by atoms with Crippen LogP contribution in [0.2, 0.25) is 0 Å². The number of benzene rings is 1. The van der Waals surface area contributed by atoms with Gasteiger partial charge in [0.15, 0.2) is 0 Å². The number of ether oxygens (including phenoxy) is 1. The molecule has 1 atom stereocenters. The van der Waals surface area contributed by atoms with Crippen LogP contribution in [0.1, 0.15) is 41.6 Å². The second kappa shape index (κ2) is 8.15. The molecule has 0 saturated carbocycles. The SMILES string of the molecule is CN(CCCC1CCCO1)CCc1ccccc1C(=O)O. The number of rotatable bonds is 8. The summed E-state index contributed by atoms with van der Waals surface area (Å²) < 4.78 is 5.62. The number of carboxylic acid groups (broad SMARTS) is 1. The van der Waals surface area contributed by atoms with Crippen molar-refractivity contribution in [3.05, 3.63) is 35.4 Å². The van der Waals surface area contributed by atoms with Gasteiger partial charge in [0, 0.05) is 13.2 Å². The van der Waals surface area contributed by atoms with Crippen LogP contribution in [0.25, 0.3) is 0 Å². The van der Waals surface area contributed by atoms with Crippen LogP contribution in [-0.2, 0) is 11.2 Å². The molecular formula is C17H25NO3. The number of hydrogen-bond donors (Lipinski definition) is 1. The van der Waals surface area contributed by atoms with Crippen LogP contribution in [0.5, 0.6) is 0 Å². The van der Waals surface area contributed by atoms with E-state index in [0.29, 0.717) is 11.7 Å². The van der Waals surface area contributed by atoms with Gasteiger partial charge >= 0.3 is 5.97 Å². The highest BCUT2D eigenvalue weighted by molar-refractivity contribution is 5.89. The lowest BCUT2D eigenvalue weighted by atomic mass is 10.0. The van der Waals surface area contributed by atoms with Crippen molar-refractivity contribution < 1.29 is 14.6 Å². The molecule has 1 aromatic rings. The summed E-state index contributed by atoms with van der Waals surface area (Å²) in [6, 6.07) is 7.26. The molecule has 1 saturated heterocycles. The Labute approximate surface area is 126 Å². The summed E-state index contributed by atoms with van der Waals surface area (Å²) in [6.45, 7) is 2.84. The zero-order valence-corrected chi connectivity index (χ0v) is 12.8.